The summed E-state index contributed by atoms with van der Waals surface area (Å²) in [5.74, 6) is 1.78. The van der Waals surface area contributed by atoms with Crippen LogP contribution in [0.5, 0.6) is 11.5 Å². The summed E-state index contributed by atoms with van der Waals surface area (Å²) in [6.45, 7) is 11.0. The molecule has 150 valence electrons. The van der Waals surface area contributed by atoms with E-state index < -0.39 is 0 Å². The highest BCUT2D eigenvalue weighted by Crippen LogP contribution is 2.31. The van der Waals surface area contributed by atoms with Crippen LogP contribution in [0.3, 0.4) is 0 Å². The summed E-state index contributed by atoms with van der Waals surface area (Å²) < 4.78 is 5.97. The Balaban J connectivity index is 1.57. The Kier molecular flexibility index (Phi) is 6.93. The Hall–Kier alpha value is -2.80. The van der Waals surface area contributed by atoms with Crippen LogP contribution in [0.25, 0.3) is 5.57 Å². The Morgan fingerprint density at radius 3 is 2.24 bits per heavy atom. The molecule has 0 spiro atoms. The molecule has 29 heavy (non-hydrogen) atoms. The minimum Gasteiger partial charge on any atom is -0.457 e. The lowest BCUT2D eigenvalue weighted by Crippen LogP contribution is -2.17. The molecule has 0 aliphatic carbocycles. The third kappa shape index (κ3) is 5.84. The molecule has 1 nitrogen and oxygen atoms in total. The predicted molar refractivity (Wildman–Crippen MR) is 125 cm³/mol. The largest absolute Gasteiger partial charge is 0.457 e. The number of benzene rings is 3. The first-order valence-corrected chi connectivity index (χ1v) is 10.6. The Morgan fingerprint density at radius 2 is 1.55 bits per heavy atom. The molecule has 0 aromatic heterocycles. The molecule has 3 aromatic rings. The molecule has 3 aromatic carbocycles. The average Bonchev–Trinajstić information content (AvgIpc) is 2.74. The second kappa shape index (κ2) is 9.60. The fraction of sp³-hybridized carbons (Fsp3) is 0.286. The van der Waals surface area contributed by atoms with Gasteiger partial charge < -0.3 is 4.74 Å². The van der Waals surface area contributed by atoms with E-state index in [-0.39, 0.29) is 5.41 Å². The van der Waals surface area contributed by atoms with Crippen molar-refractivity contribution in [3.8, 4) is 11.5 Å². The number of allylic oxidation sites excluding steroid dienone is 1. The molecule has 0 aliphatic rings. The highest BCUT2D eigenvalue weighted by atomic mass is 16.5. The molecule has 0 saturated carbocycles. The number of hydrogen-bond donors (Lipinski definition) is 0. The molecule has 3 rings (SSSR count). The van der Waals surface area contributed by atoms with Crippen molar-refractivity contribution in [2.45, 2.75) is 51.9 Å². The molecule has 0 amide bonds. The van der Waals surface area contributed by atoms with Gasteiger partial charge in [-0.1, -0.05) is 81.9 Å². The van der Waals surface area contributed by atoms with Gasteiger partial charge >= 0.3 is 0 Å². The second-order valence-corrected chi connectivity index (χ2v) is 8.33. The van der Waals surface area contributed by atoms with Crippen molar-refractivity contribution in [2.75, 3.05) is 0 Å². The van der Waals surface area contributed by atoms with E-state index in [1.165, 1.54) is 22.3 Å². The standard InChI is InChI=1S/C28H32O/c1-5-22(2)24-16-18-25(19-17-24)28(3,4)20-10-12-23-11-9-15-27(21-23)29-26-13-7-6-8-14-26/h6-9,11,13-19,21H,2,5,10,12,20H2,1,3-4H3. The first-order chi connectivity index (χ1) is 14.0. The quantitative estimate of drug-likeness (QED) is 0.361. The number of rotatable bonds is 9. The van der Waals surface area contributed by atoms with Gasteiger partial charge in [-0.15, -0.1) is 0 Å². The van der Waals surface area contributed by atoms with Crippen LogP contribution in [0.15, 0.2) is 85.4 Å². The van der Waals surface area contributed by atoms with E-state index in [9.17, 15) is 0 Å². The van der Waals surface area contributed by atoms with Crippen LogP contribution in [0.4, 0.5) is 0 Å². The molecule has 0 atom stereocenters. The molecule has 0 bridgehead atoms. The van der Waals surface area contributed by atoms with Gasteiger partial charge in [-0.05, 0) is 77.6 Å². The summed E-state index contributed by atoms with van der Waals surface area (Å²) >= 11 is 0. The van der Waals surface area contributed by atoms with Crippen LogP contribution in [-0.4, -0.2) is 0 Å². The van der Waals surface area contributed by atoms with Crippen molar-refractivity contribution in [1.29, 1.82) is 0 Å². The van der Waals surface area contributed by atoms with Gasteiger partial charge in [0.05, 0.1) is 0 Å². The van der Waals surface area contributed by atoms with Gasteiger partial charge in [-0.3, -0.25) is 0 Å². The van der Waals surface area contributed by atoms with E-state index in [1.54, 1.807) is 0 Å². The van der Waals surface area contributed by atoms with Crippen molar-refractivity contribution in [2.24, 2.45) is 0 Å². The smallest absolute Gasteiger partial charge is 0.127 e. The van der Waals surface area contributed by atoms with Gasteiger partial charge in [0.1, 0.15) is 11.5 Å². The molecular formula is C28H32O. The van der Waals surface area contributed by atoms with Gasteiger partial charge in [-0.25, -0.2) is 0 Å². The summed E-state index contributed by atoms with van der Waals surface area (Å²) in [5.41, 5.74) is 5.33. The maximum Gasteiger partial charge on any atom is 0.127 e. The number of para-hydroxylation sites is 1. The fourth-order valence-corrected chi connectivity index (χ4v) is 3.63. The zero-order valence-corrected chi connectivity index (χ0v) is 17.9. The van der Waals surface area contributed by atoms with Crippen LogP contribution in [-0.2, 0) is 11.8 Å². The summed E-state index contributed by atoms with van der Waals surface area (Å²) in [7, 11) is 0. The lowest BCUT2D eigenvalue weighted by Gasteiger charge is -2.26. The highest BCUT2D eigenvalue weighted by molar-refractivity contribution is 5.63. The van der Waals surface area contributed by atoms with E-state index >= 15 is 0 Å². The molecule has 0 aliphatic heterocycles. The van der Waals surface area contributed by atoms with E-state index in [0.29, 0.717) is 0 Å². The minimum absolute atomic E-state index is 0.157. The Labute approximate surface area is 176 Å². The van der Waals surface area contributed by atoms with E-state index in [0.717, 1.165) is 37.2 Å². The van der Waals surface area contributed by atoms with Crippen molar-refractivity contribution in [1.82, 2.24) is 0 Å². The molecule has 0 saturated heterocycles. The van der Waals surface area contributed by atoms with Gasteiger partial charge in [0.25, 0.3) is 0 Å². The number of hydrogen-bond acceptors (Lipinski definition) is 1. The zero-order valence-electron chi connectivity index (χ0n) is 17.9. The zero-order chi connectivity index (χ0) is 20.7. The SMILES string of the molecule is C=C(CC)c1ccc(C(C)(C)CCCc2cccc(Oc3ccccc3)c2)cc1. The first-order valence-electron chi connectivity index (χ1n) is 10.6. The third-order valence-electron chi connectivity index (χ3n) is 5.65. The van der Waals surface area contributed by atoms with Gasteiger partial charge in [0.2, 0.25) is 0 Å². The predicted octanol–water partition coefficient (Wildman–Crippen LogP) is 8.20. The average molecular weight is 385 g/mol. The van der Waals surface area contributed by atoms with Gasteiger partial charge in [-0.2, -0.15) is 0 Å². The van der Waals surface area contributed by atoms with E-state index in [2.05, 4.69) is 69.8 Å². The van der Waals surface area contributed by atoms with Crippen LogP contribution in [0, 0.1) is 0 Å². The van der Waals surface area contributed by atoms with Gasteiger partial charge in [0, 0.05) is 0 Å². The maximum absolute atomic E-state index is 5.97. The molecule has 0 N–H and O–H groups in total. The molecule has 0 fully saturated rings. The normalized spacial score (nSPS) is 11.3. The molecular weight excluding hydrogens is 352 g/mol. The maximum atomic E-state index is 5.97. The van der Waals surface area contributed by atoms with Crippen molar-refractivity contribution in [3.05, 3.63) is 102 Å². The summed E-state index contributed by atoms with van der Waals surface area (Å²) in [5, 5.41) is 0. The second-order valence-electron chi connectivity index (χ2n) is 8.33. The topological polar surface area (TPSA) is 9.23 Å². The van der Waals surface area contributed by atoms with Crippen molar-refractivity contribution in [3.63, 3.8) is 0 Å². The van der Waals surface area contributed by atoms with E-state index in [1.807, 2.05) is 36.4 Å². The number of aryl methyl sites for hydroxylation is 1. The summed E-state index contributed by atoms with van der Waals surface area (Å²) in [6.07, 6.45) is 4.34. The molecule has 1 heteroatoms. The van der Waals surface area contributed by atoms with Gasteiger partial charge in [0.15, 0.2) is 0 Å². The number of ether oxygens (including phenoxy) is 1. The summed E-state index contributed by atoms with van der Waals surface area (Å²) in [6, 6.07) is 27.4. The Bertz CT molecular complexity index is 920. The van der Waals surface area contributed by atoms with Crippen LogP contribution in [0.2, 0.25) is 0 Å². The first kappa shape index (κ1) is 20.9. The van der Waals surface area contributed by atoms with Crippen molar-refractivity contribution < 1.29 is 4.74 Å². The Morgan fingerprint density at radius 1 is 0.862 bits per heavy atom. The van der Waals surface area contributed by atoms with Crippen LogP contribution >= 0.6 is 0 Å². The lowest BCUT2D eigenvalue weighted by molar-refractivity contribution is 0.460. The highest BCUT2D eigenvalue weighted by Gasteiger charge is 2.20. The van der Waals surface area contributed by atoms with Crippen LogP contribution in [0.1, 0.15) is 56.7 Å². The van der Waals surface area contributed by atoms with Crippen molar-refractivity contribution >= 4 is 5.57 Å². The lowest BCUT2D eigenvalue weighted by atomic mass is 9.79. The summed E-state index contributed by atoms with van der Waals surface area (Å²) in [4.78, 5) is 0. The fourth-order valence-electron chi connectivity index (χ4n) is 3.63. The van der Waals surface area contributed by atoms with Crippen LogP contribution < -0.4 is 4.74 Å². The molecule has 0 radical (unpaired) electrons. The minimum atomic E-state index is 0.157. The third-order valence-corrected chi connectivity index (χ3v) is 5.65. The van der Waals surface area contributed by atoms with E-state index in [4.69, 9.17) is 4.74 Å². The monoisotopic (exact) mass is 384 g/mol. The molecule has 0 heterocycles. The molecule has 0 unspecified atom stereocenters.